The Morgan fingerprint density at radius 3 is 2.57 bits per heavy atom. The van der Waals surface area contributed by atoms with Gasteiger partial charge in [0.05, 0.1) is 33.6 Å². The van der Waals surface area contributed by atoms with E-state index in [4.69, 9.17) is 4.52 Å². The van der Waals surface area contributed by atoms with Crippen LogP contribution in [0.1, 0.15) is 20.3 Å². The highest BCUT2D eigenvalue weighted by atomic mass is 32.2. The standard InChI is InChI=1S/C18H28N3O5PS/c1-8-13-12(9(2)22)17(24)21(13)14(18(25)26-27)15(8)28-10-6-11(20(5)7-10)16(23)19(3)4/h8-13,22H,6-7,27H2,1-5H3/t8-,9-,10+,11+,12-,13-/m1/s1. The van der Waals surface area contributed by atoms with Crippen molar-refractivity contribution >= 4 is 39.0 Å². The van der Waals surface area contributed by atoms with E-state index in [1.165, 1.54) is 4.90 Å². The molecule has 1 N–H and O–H groups in total. The minimum absolute atomic E-state index is 0.0665. The van der Waals surface area contributed by atoms with Crippen molar-refractivity contribution in [3.63, 3.8) is 0 Å². The molecule has 7 atom stereocenters. The van der Waals surface area contributed by atoms with Gasteiger partial charge < -0.3 is 19.4 Å². The molecule has 2 fully saturated rings. The lowest BCUT2D eigenvalue weighted by atomic mass is 9.79. The van der Waals surface area contributed by atoms with E-state index in [2.05, 4.69) is 0 Å². The van der Waals surface area contributed by atoms with Crippen LogP contribution in [0.2, 0.25) is 0 Å². The monoisotopic (exact) mass is 429 g/mol. The van der Waals surface area contributed by atoms with Gasteiger partial charge in [-0.3, -0.25) is 14.5 Å². The molecule has 0 radical (unpaired) electrons. The molecule has 1 unspecified atom stereocenters. The van der Waals surface area contributed by atoms with Crippen LogP contribution in [0.25, 0.3) is 0 Å². The molecule has 3 rings (SSSR count). The van der Waals surface area contributed by atoms with Gasteiger partial charge in [-0.1, -0.05) is 6.92 Å². The third kappa shape index (κ3) is 3.36. The fraction of sp³-hybridized carbons (Fsp3) is 0.722. The number of aliphatic hydroxyl groups excluding tert-OH is 1. The Balaban J connectivity index is 1.84. The number of β-lactam (4-membered cyclic amide) rings is 1. The Labute approximate surface area is 171 Å². The molecule has 0 aromatic carbocycles. The van der Waals surface area contributed by atoms with E-state index < -0.39 is 18.0 Å². The smallest absolute Gasteiger partial charge is 0.358 e. The first-order valence-electron chi connectivity index (χ1n) is 9.34. The average molecular weight is 429 g/mol. The van der Waals surface area contributed by atoms with Crippen molar-refractivity contribution in [1.82, 2.24) is 14.7 Å². The maximum Gasteiger partial charge on any atom is 0.358 e. The minimum Gasteiger partial charge on any atom is -0.447 e. The van der Waals surface area contributed by atoms with Gasteiger partial charge in [0.15, 0.2) is 0 Å². The van der Waals surface area contributed by atoms with E-state index >= 15 is 0 Å². The lowest BCUT2D eigenvalue weighted by Gasteiger charge is -2.46. The molecule has 3 heterocycles. The highest BCUT2D eigenvalue weighted by Crippen LogP contribution is 2.52. The largest absolute Gasteiger partial charge is 0.447 e. The quantitative estimate of drug-likeness (QED) is 0.496. The molecule has 0 bridgehead atoms. The first-order chi connectivity index (χ1) is 13.1. The van der Waals surface area contributed by atoms with Crippen molar-refractivity contribution in [1.29, 1.82) is 0 Å². The zero-order chi connectivity index (χ0) is 20.9. The molecule has 0 aliphatic carbocycles. The van der Waals surface area contributed by atoms with E-state index in [1.807, 2.05) is 28.3 Å². The molecule has 0 aromatic rings. The number of amides is 2. The third-order valence-electron chi connectivity index (χ3n) is 5.94. The lowest BCUT2D eigenvalue weighted by Crippen LogP contribution is -2.63. The summed E-state index contributed by atoms with van der Waals surface area (Å²) in [5, 5.41) is 10.1. The van der Waals surface area contributed by atoms with Crippen LogP contribution in [0, 0.1) is 11.8 Å². The Morgan fingerprint density at radius 2 is 2.04 bits per heavy atom. The molecule has 3 aliphatic rings. The van der Waals surface area contributed by atoms with Gasteiger partial charge in [-0.05, 0) is 20.4 Å². The molecule has 10 heteroatoms. The van der Waals surface area contributed by atoms with Crippen molar-refractivity contribution in [2.24, 2.45) is 11.8 Å². The van der Waals surface area contributed by atoms with Crippen LogP contribution in [0.3, 0.4) is 0 Å². The fourth-order valence-corrected chi connectivity index (χ4v) is 6.24. The molecule has 3 aliphatic heterocycles. The van der Waals surface area contributed by atoms with Crippen LogP contribution in [0.4, 0.5) is 0 Å². The van der Waals surface area contributed by atoms with Crippen LogP contribution in [-0.2, 0) is 18.9 Å². The zero-order valence-electron chi connectivity index (χ0n) is 16.8. The highest BCUT2D eigenvalue weighted by molar-refractivity contribution is 8.03. The number of rotatable bonds is 5. The summed E-state index contributed by atoms with van der Waals surface area (Å²) < 4.78 is 4.86. The molecule has 156 valence electrons. The maximum atomic E-state index is 12.6. The van der Waals surface area contributed by atoms with E-state index in [1.54, 1.807) is 37.7 Å². The fourth-order valence-electron chi connectivity index (χ4n) is 4.53. The average Bonchev–Trinajstić information content (AvgIpc) is 3.10. The summed E-state index contributed by atoms with van der Waals surface area (Å²) in [5.74, 6) is -1.31. The third-order valence-corrected chi connectivity index (χ3v) is 7.65. The highest BCUT2D eigenvalue weighted by Gasteiger charge is 2.60. The lowest BCUT2D eigenvalue weighted by molar-refractivity contribution is -0.162. The van der Waals surface area contributed by atoms with Crippen molar-refractivity contribution in [3.8, 4) is 0 Å². The van der Waals surface area contributed by atoms with Gasteiger partial charge in [0.1, 0.15) is 5.70 Å². The molecule has 8 nitrogen and oxygen atoms in total. The molecule has 0 aromatic heterocycles. The second-order valence-corrected chi connectivity index (χ2v) is 9.61. The number of carbonyl (C=O) groups excluding carboxylic acids is 3. The maximum absolute atomic E-state index is 12.6. The number of hydrogen-bond donors (Lipinski definition) is 1. The number of hydrogen-bond acceptors (Lipinski definition) is 7. The molecule has 2 saturated heterocycles. The first-order valence-corrected chi connectivity index (χ1v) is 10.7. The minimum atomic E-state index is -0.770. The Bertz CT molecular complexity index is 728. The predicted octanol–water partition coefficient (Wildman–Crippen LogP) is 0.283. The zero-order valence-corrected chi connectivity index (χ0v) is 18.8. The van der Waals surface area contributed by atoms with Gasteiger partial charge in [0, 0.05) is 36.7 Å². The predicted molar refractivity (Wildman–Crippen MR) is 109 cm³/mol. The molecule has 28 heavy (non-hydrogen) atoms. The molecular weight excluding hydrogens is 401 g/mol. The number of thioether (sulfide) groups is 1. The van der Waals surface area contributed by atoms with Crippen LogP contribution in [0.5, 0.6) is 0 Å². The van der Waals surface area contributed by atoms with Crippen LogP contribution in [-0.4, -0.2) is 88.7 Å². The number of nitrogens with zero attached hydrogens (tertiary/aromatic N) is 3. The summed E-state index contributed by atoms with van der Waals surface area (Å²) >= 11 is 1.56. The first kappa shape index (κ1) is 21.6. The van der Waals surface area contributed by atoms with E-state index in [0.717, 1.165) is 4.91 Å². The Kier molecular flexibility index (Phi) is 6.11. The normalized spacial score (nSPS) is 33.6. The van der Waals surface area contributed by atoms with Crippen molar-refractivity contribution < 1.29 is 24.0 Å². The van der Waals surface area contributed by atoms with Crippen molar-refractivity contribution in [3.05, 3.63) is 10.6 Å². The van der Waals surface area contributed by atoms with Gasteiger partial charge in [-0.2, -0.15) is 0 Å². The van der Waals surface area contributed by atoms with Gasteiger partial charge in [-0.25, -0.2) is 4.79 Å². The van der Waals surface area contributed by atoms with Gasteiger partial charge in [0.2, 0.25) is 11.8 Å². The van der Waals surface area contributed by atoms with Gasteiger partial charge in [-0.15, -0.1) is 11.8 Å². The summed E-state index contributed by atoms with van der Waals surface area (Å²) in [5.41, 5.74) is 0.282. The summed E-state index contributed by atoms with van der Waals surface area (Å²) in [4.78, 5) is 43.3. The second-order valence-electron chi connectivity index (χ2n) is 8.04. The molecule has 0 spiro atoms. The number of fused-ring (bicyclic) bond motifs is 1. The van der Waals surface area contributed by atoms with E-state index in [-0.39, 0.29) is 40.8 Å². The summed E-state index contributed by atoms with van der Waals surface area (Å²) in [6.07, 6.45) is -0.0932. The van der Waals surface area contributed by atoms with E-state index in [9.17, 15) is 19.5 Å². The van der Waals surface area contributed by atoms with Crippen LogP contribution < -0.4 is 0 Å². The van der Waals surface area contributed by atoms with Crippen LogP contribution in [0.15, 0.2) is 10.6 Å². The van der Waals surface area contributed by atoms with Gasteiger partial charge >= 0.3 is 5.97 Å². The summed E-state index contributed by atoms with van der Waals surface area (Å²) in [6.45, 7) is 4.30. The number of likely N-dealkylation sites (N-methyl/N-ethyl adjacent to an activating group) is 2. The van der Waals surface area contributed by atoms with Gasteiger partial charge in [0.25, 0.3) is 0 Å². The molecule has 0 saturated carbocycles. The molecular formula is C18H28N3O5PS. The molecule has 2 amide bonds. The number of likely N-dealkylation sites (tertiary alicyclic amines) is 1. The Hall–Kier alpha value is -1.15. The summed E-state index contributed by atoms with van der Waals surface area (Å²) in [6, 6.07) is -0.418. The van der Waals surface area contributed by atoms with Crippen LogP contribution >= 0.6 is 21.2 Å². The van der Waals surface area contributed by atoms with Crippen molar-refractivity contribution in [2.45, 2.75) is 43.7 Å². The second kappa shape index (κ2) is 7.94. The Morgan fingerprint density at radius 1 is 1.39 bits per heavy atom. The van der Waals surface area contributed by atoms with E-state index in [0.29, 0.717) is 13.0 Å². The number of aliphatic hydroxyl groups is 1. The summed E-state index contributed by atoms with van der Waals surface area (Å²) in [7, 11) is 7.37. The van der Waals surface area contributed by atoms with Crippen molar-refractivity contribution in [2.75, 3.05) is 27.7 Å². The number of carbonyl (C=O) groups is 3. The topological polar surface area (TPSA) is 90.4 Å². The SMILES string of the molecule is C[C@@H](O)[C@H]1C(=O)N2C(C(=O)OP)=C(S[C@H]3C[C@@H](C(=O)N(C)C)N(C)C3)[C@H](C)[C@H]12.